The van der Waals surface area contributed by atoms with Crippen LogP contribution in [0.25, 0.3) is 0 Å². The summed E-state index contributed by atoms with van der Waals surface area (Å²) in [5.74, 6) is 1.55. The van der Waals surface area contributed by atoms with E-state index in [0.29, 0.717) is 11.3 Å². The summed E-state index contributed by atoms with van der Waals surface area (Å²) in [5, 5.41) is 0. The van der Waals surface area contributed by atoms with Crippen molar-refractivity contribution >= 4 is 11.6 Å². The number of rotatable bonds is 2. The second-order valence-corrected chi connectivity index (χ2v) is 5.31. The molecule has 2 aromatic heterocycles. The van der Waals surface area contributed by atoms with Gasteiger partial charge in [0.15, 0.2) is 0 Å². The van der Waals surface area contributed by atoms with Gasteiger partial charge in [0.05, 0.1) is 5.56 Å². The van der Waals surface area contributed by atoms with Gasteiger partial charge < -0.3 is 14.2 Å². The molecule has 0 aromatic carbocycles. The SMILES string of the molecule is Cc1cc(C(=O)N2CCN(c3ccncc3)CC2)c(C)o1. The van der Waals surface area contributed by atoms with Crippen LogP contribution >= 0.6 is 0 Å². The highest BCUT2D eigenvalue weighted by molar-refractivity contribution is 5.95. The summed E-state index contributed by atoms with van der Waals surface area (Å²) in [6.45, 7) is 6.84. The van der Waals surface area contributed by atoms with Crippen LogP contribution in [0.4, 0.5) is 5.69 Å². The number of hydrogen-bond acceptors (Lipinski definition) is 4. The molecule has 0 saturated carbocycles. The summed E-state index contributed by atoms with van der Waals surface area (Å²) in [6.07, 6.45) is 3.59. The Balaban J connectivity index is 1.66. The summed E-state index contributed by atoms with van der Waals surface area (Å²) in [6, 6.07) is 5.83. The predicted octanol–water partition coefficient (Wildman–Crippen LogP) is 2.25. The molecule has 0 spiro atoms. The molecule has 5 nitrogen and oxygen atoms in total. The van der Waals surface area contributed by atoms with Gasteiger partial charge in [0.1, 0.15) is 11.5 Å². The minimum Gasteiger partial charge on any atom is -0.466 e. The van der Waals surface area contributed by atoms with E-state index in [1.165, 1.54) is 0 Å². The fraction of sp³-hybridized carbons (Fsp3) is 0.375. The van der Waals surface area contributed by atoms with E-state index in [0.717, 1.165) is 37.6 Å². The number of nitrogens with zero attached hydrogens (tertiary/aromatic N) is 3. The number of aryl methyl sites for hydroxylation is 2. The first kappa shape index (κ1) is 13.7. The van der Waals surface area contributed by atoms with Crippen LogP contribution < -0.4 is 4.90 Å². The van der Waals surface area contributed by atoms with Gasteiger partial charge in [0, 0.05) is 44.3 Å². The molecule has 1 fully saturated rings. The third-order valence-corrected chi connectivity index (χ3v) is 3.87. The third-order valence-electron chi connectivity index (χ3n) is 3.87. The second kappa shape index (κ2) is 5.60. The van der Waals surface area contributed by atoms with Gasteiger partial charge in [0.2, 0.25) is 0 Å². The van der Waals surface area contributed by atoms with E-state index < -0.39 is 0 Å². The number of carbonyl (C=O) groups is 1. The normalized spacial score (nSPS) is 15.3. The number of piperazine rings is 1. The van der Waals surface area contributed by atoms with Crippen molar-refractivity contribution in [3.8, 4) is 0 Å². The molecule has 1 amide bonds. The molecule has 1 saturated heterocycles. The number of carbonyl (C=O) groups excluding carboxylic acids is 1. The Morgan fingerprint density at radius 2 is 1.81 bits per heavy atom. The molecule has 0 unspecified atom stereocenters. The van der Waals surface area contributed by atoms with Crippen LogP contribution in [0.5, 0.6) is 0 Å². The quantitative estimate of drug-likeness (QED) is 0.849. The first-order valence-electron chi connectivity index (χ1n) is 7.16. The Kier molecular flexibility index (Phi) is 3.64. The van der Waals surface area contributed by atoms with Gasteiger partial charge in [-0.15, -0.1) is 0 Å². The molecule has 110 valence electrons. The Hall–Kier alpha value is -2.30. The maximum absolute atomic E-state index is 12.5. The molecule has 3 rings (SSSR count). The van der Waals surface area contributed by atoms with E-state index in [-0.39, 0.29) is 5.91 Å². The van der Waals surface area contributed by atoms with Gasteiger partial charge in [0.25, 0.3) is 5.91 Å². The summed E-state index contributed by atoms with van der Waals surface area (Å²) >= 11 is 0. The van der Waals surface area contributed by atoms with E-state index in [1.807, 2.05) is 36.9 Å². The zero-order valence-electron chi connectivity index (χ0n) is 12.4. The van der Waals surface area contributed by atoms with Crippen molar-refractivity contribution in [1.29, 1.82) is 0 Å². The maximum atomic E-state index is 12.5. The fourth-order valence-electron chi connectivity index (χ4n) is 2.74. The molecular weight excluding hydrogens is 266 g/mol. The standard InChI is InChI=1S/C16H19N3O2/c1-12-11-15(13(2)21-12)16(20)19-9-7-18(8-10-19)14-3-5-17-6-4-14/h3-6,11H,7-10H2,1-2H3. The molecule has 2 aromatic rings. The topological polar surface area (TPSA) is 49.6 Å². The van der Waals surface area contributed by atoms with E-state index in [9.17, 15) is 4.79 Å². The average molecular weight is 285 g/mol. The first-order chi connectivity index (χ1) is 10.1. The van der Waals surface area contributed by atoms with Crippen molar-refractivity contribution in [2.75, 3.05) is 31.1 Å². The summed E-state index contributed by atoms with van der Waals surface area (Å²) < 4.78 is 5.45. The Morgan fingerprint density at radius 3 is 2.38 bits per heavy atom. The number of hydrogen-bond donors (Lipinski definition) is 0. The Labute approximate surface area is 124 Å². The lowest BCUT2D eigenvalue weighted by Crippen LogP contribution is -2.48. The van der Waals surface area contributed by atoms with Gasteiger partial charge in [-0.3, -0.25) is 9.78 Å². The highest BCUT2D eigenvalue weighted by Crippen LogP contribution is 2.19. The van der Waals surface area contributed by atoms with Crippen molar-refractivity contribution in [3.63, 3.8) is 0 Å². The van der Waals surface area contributed by atoms with Crippen LogP contribution in [0.2, 0.25) is 0 Å². The van der Waals surface area contributed by atoms with Crippen LogP contribution in [0.3, 0.4) is 0 Å². The number of furan rings is 1. The van der Waals surface area contributed by atoms with Crippen molar-refractivity contribution in [1.82, 2.24) is 9.88 Å². The van der Waals surface area contributed by atoms with Crippen LogP contribution in [0, 0.1) is 13.8 Å². The number of pyridine rings is 1. The maximum Gasteiger partial charge on any atom is 0.257 e. The summed E-state index contributed by atoms with van der Waals surface area (Å²) in [4.78, 5) is 20.7. The number of amides is 1. The monoisotopic (exact) mass is 285 g/mol. The lowest BCUT2D eigenvalue weighted by molar-refractivity contribution is 0.0745. The molecule has 0 radical (unpaired) electrons. The molecule has 1 aliphatic rings. The minimum absolute atomic E-state index is 0.0683. The Bertz CT molecular complexity index is 628. The lowest BCUT2D eigenvalue weighted by atomic mass is 10.2. The lowest BCUT2D eigenvalue weighted by Gasteiger charge is -2.36. The summed E-state index contributed by atoms with van der Waals surface area (Å²) in [7, 11) is 0. The van der Waals surface area contributed by atoms with E-state index in [1.54, 1.807) is 12.4 Å². The predicted molar refractivity (Wildman–Crippen MR) is 80.5 cm³/mol. The van der Waals surface area contributed by atoms with Crippen molar-refractivity contribution in [2.24, 2.45) is 0 Å². The highest BCUT2D eigenvalue weighted by atomic mass is 16.3. The van der Waals surface area contributed by atoms with Gasteiger partial charge in [-0.25, -0.2) is 0 Å². The van der Waals surface area contributed by atoms with E-state index in [4.69, 9.17) is 4.42 Å². The van der Waals surface area contributed by atoms with Crippen LogP contribution in [-0.4, -0.2) is 42.0 Å². The molecule has 0 bridgehead atoms. The van der Waals surface area contributed by atoms with Crippen molar-refractivity contribution in [2.45, 2.75) is 13.8 Å². The zero-order valence-corrected chi connectivity index (χ0v) is 12.4. The smallest absolute Gasteiger partial charge is 0.257 e. The molecular formula is C16H19N3O2. The van der Waals surface area contributed by atoms with Crippen LogP contribution in [0.1, 0.15) is 21.9 Å². The van der Waals surface area contributed by atoms with E-state index in [2.05, 4.69) is 9.88 Å². The molecule has 3 heterocycles. The number of anilines is 1. The summed E-state index contributed by atoms with van der Waals surface area (Å²) in [5.41, 5.74) is 1.84. The van der Waals surface area contributed by atoms with Crippen molar-refractivity contribution in [3.05, 3.63) is 47.7 Å². The minimum atomic E-state index is 0.0683. The van der Waals surface area contributed by atoms with Crippen molar-refractivity contribution < 1.29 is 9.21 Å². The molecule has 21 heavy (non-hydrogen) atoms. The van der Waals surface area contributed by atoms with Gasteiger partial charge in [-0.05, 0) is 32.0 Å². The van der Waals surface area contributed by atoms with Gasteiger partial charge in [-0.2, -0.15) is 0 Å². The largest absolute Gasteiger partial charge is 0.466 e. The molecule has 0 atom stereocenters. The van der Waals surface area contributed by atoms with E-state index >= 15 is 0 Å². The molecule has 0 aliphatic carbocycles. The first-order valence-corrected chi connectivity index (χ1v) is 7.16. The fourth-order valence-corrected chi connectivity index (χ4v) is 2.74. The Morgan fingerprint density at radius 1 is 1.14 bits per heavy atom. The van der Waals surface area contributed by atoms with Crippen LogP contribution in [0.15, 0.2) is 35.0 Å². The molecule has 1 aliphatic heterocycles. The second-order valence-electron chi connectivity index (χ2n) is 5.31. The zero-order chi connectivity index (χ0) is 14.8. The third kappa shape index (κ3) is 2.77. The van der Waals surface area contributed by atoms with Crippen LogP contribution in [-0.2, 0) is 0 Å². The van der Waals surface area contributed by atoms with Gasteiger partial charge >= 0.3 is 0 Å². The number of aromatic nitrogens is 1. The van der Waals surface area contributed by atoms with Gasteiger partial charge in [-0.1, -0.05) is 0 Å². The molecule has 5 heteroatoms. The average Bonchev–Trinajstić information content (AvgIpc) is 2.86. The highest BCUT2D eigenvalue weighted by Gasteiger charge is 2.24. The molecule has 0 N–H and O–H groups in total.